The van der Waals surface area contributed by atoms with Crippen molar-refractivity contribution in [1.82, 2.24) is 15.0 Å². The van der Waals surface area contributed by atoms with E-state index in [4.69, 9.17) is 9.72 Å². The summed E-state index contributed by atoms with van der Waals surface area (Å²) in [5.41, 5.74) is 3.00. The van der Waals surface area contributed by atoms with Gasteiger partial charge in [-0.15, -0.1) is 11.3 Å². The predicted molar refractivity (Wildman–Crippen MR) is 98.8 cm³/mol. The lowest BCUT2D eigenvalue weighted by Gasteiger charge is -2.01. The van der Waals surface area contributed by atoms with Crippen LogP contribution in [0.5, 0.6) is 5.75 Å². The molecule has 1 N–H and O–H groups in total. The van der Waals surface area contributed by atoms with Crippen LogP contribution in [-0.4, -0.2) is 22.1 Å². The number of ether oxygens (including phenoxy) is 1. The van der Waals surface area contributed by atoms with Gasteiger partial charge in [0.05, 0.1) is 28.5 Å². The van der Waals surface area contributed by atoms with E-state index in [9.17, 15) is 0 Å². The smallest absolute Gasteiger partial charge is 0.148 e. The van der Waals surface area contributed by atoms with Crippen molar-refractivity contribution in [3.8, 4) is 16.5 Å². The highest BCUT2D eigenvalue weighted by Crippen LogP contribution is 2.34. The van der Waals surface area contributed by atoms with Gasteiger partial charge in [-0.2, -0.15) is 0 Å². The number of imidazole rings is 1. The first-order chi connectivity index (χ1) is 11.8. The van der Waals surface area contributed by atoms with Gasteiger partial charge in [0.2, 0.25) is 0 Å². The normalized spacial score (nSPS) is 11.5. The summed E-state index contributed by atoms with van der Waals surface area (Å²) in [5, 5.41) is 2.20. The highest BCUT2D eigenvalue weighted by molar-refractivity contribution is 7.21. The minimum Gasteiger partial charge on any atom is -0.497 e. The van der Waals surface area contributed by atoms with Crippen LogP contribution in [0, 0.1) is 0 Å². The Kier molecular flexibility index (Phi) is 2.84. The summed E-state index contributed by atoms with van der Waals surface area (Å²) in [6.45, 7) is 0. The third-order valence-electron chi connectivity index (χ3n) is 4.13. The maximum absolute atomic E-state index is 5.30. The quantitative estimate of drug-likeness (QED) is 0.495. The molecule has 0 aliphatic rings. The molecule has 4 nitrogen and oxygen atoms in total. The number of nitrogens with one attached hydrogen (secondary N) is 1. The molecule has 0 aliphatic carbocycles. The molecule has 0 amide bonds. The van der Waals surface area contributed by atoms with E-state index < -0.39 is 0 Å². The second-order valence-electron chi connectivity index (χ2n) is 5.65. The van der Waals surface area contributed by atoms with Crippen molar-refractivity contribution < 1.29 is 4.74 Å². The molecule has 0 unspecified atom stereocenters. The summed E-state index contributed by atoms with van der Waals surface area (Å²) in [4.78, 5) is 15.0. The van der Waals surface area contributed by atoms with E-state index in [1.165, 1.54) is 0 Å². The zero-order chi connectivity index (χ0) is 16.1. The molecule has 0 saturated carbocycles. The van der Waals surface area contributed by atoms with Crippen LogP contribution in [0.25, 0.3) is 42.9 Å². The zero-order valence-corrected chi connectivity index (χ0v) is 13.7. The molecule has 0 radical (unpaired) electrons. The summed E-state index contributed by atoms with van der Waals surface area (Å²) < 4.78 is 5.30. The van der Waals surface area contributed by atoms with Crippen molar-refractivity contribution >= 4 is 43.5 Å². The van der Waals surface area contributed by atoms with Crippen molar-refractivity contribution in [2.45, 2.75) is 0 Å². The minimum absolute atomic E-state index is 0.844. The lowest BCUT2D eigenvalue weighted by atomic mass is 10.2. The van der Waals surface area contributed by atoms with Crippen molar-refractivity contribution in [2.24, 2.45) is 0 Å². The van der Waals surface area contributed by atoms with Gasteiger partial charge in [-0.05, 0) is 42.5 Å². The molecular formula is C19H13N3OS. The molecule has 0 fully saturated rings. The van der Waals surface area contributed by atoms with Gasteiger partial charge >= 0.3 is 0 Å². The number of methoxy groups -OCH3 is 1. The van der Waals surface area contributed by atoms with Gasteiger partial charge in [0.15, 0.2) is 0 Å². The van der Waals surface area contributed by atoms with Gasteiger partial charge in [-0.25, -0.2) is 9.97 Å². The zero-order valence-electron chi connectivity index (χ0n) is 12.9. The van der Waals surface area contributed by atoms with E-state index in [1.54, 1.807) is 18.4 Å². The number of hydrogen-bond acceptors (Lipinski definition) is 4. The molecule has 0 spiro atoms. The number of para-hydroxylation sites is 2. The Morgan fingerprint density at radius 2 is 1.83 bits per heavy atom. The Labute approximate surface area is 141 Å². The largest absolute Gasteiger partial charge is 0.497 e. The fraction of sp³-hybridized carbons (Fsp3) is 0.0526. The summed E-state index contributed by atoms with van der Waals surface area (Å²) in [6.07, 6.45) is 0. The topological polar surface area (TPSA) is 50.8 Å². The maximum Gasteiger partial charge on any atom is 0.148 e. The number of H-pyrrole nitrogens is 1. The van der Waals surface area contributed by atoms with E-state index in [2.05, 4.69) is 22.1 Å². The molecular weight excluding hydrogens is 318 g/mol. The van der Waals surface area contributed by atoms with E-state index in [0.29, 0.717) is 0 Å². The third-order valence-corrected chi connectivity index (χ3v) is 5.18. The van der Waals surface area contributed by atoms with Crippen LogP contribution >= 0.6 is 11.3 Å². The number of hydrogen-bond donors (Lipinski definition) is 1. The van der Waals surface area contributed by atoms with E-state index in [0.717, 1.165) is 48.6 Å². The molecule has 0 saturated heterocycles. The molecule has 0 atom stereocenters. The first kappa shape index (κ1) is 13.5. The first-order valence-electron chi connectivity index (χ1n) is 7.64. The highest BCUT2D eigenvalue weighted by Gasteiger charge is 2.11. The summed E-state index contributed by atoms with van der Waals surface area (Å²) in [6, 6.07) is 18.3. The third kappa shape index (κ3) is 2.06. The van der Waals surface area contributed by atoms with Crippen LogP contribution in [0.1, 0.15) is 0 Å². The highest BCUT2D eigenvalue weighted by atomic mass is 32.1. The van der Waals surface area contributed by atoms with Gasteiger partial charge in [-0.1, -0.05) is 12.1 Å². The standard InChI is InChI=1S/C19H13N3OS/c1-23-13-6-7-14-11(9-13)8-12-10-17(24-19(12)22-14)18-20-15-4-2-3-5-16(15)21-18/h2-10H,1H3,(H,20,21). The van der Waals surface area contributed by atoms with Crippen molar-refractivity contribution in [2.75, 3.05) is 7.11 Å². The monoisotopic (exact) mass is 331 g/mol. The fourth-order valence-corrected chi connectivity index (χ4v) is 3.89. The number of pyridine rings is 1. The Bertz CT molecular complexity index is 1170. The molecule has 5 rings (SSSR count). The average Bonchev–Trinajstić information content (AvgIpc) is 3.22. The van der Waals surface area contributed by atoms with Crippen LogP contribution in [0.4, 0.5) is 0 Å². The average molecular weight is 331 g/mol. The Morgan fingerprint density at radius 1 is 0.917 bits per heavy atom. The number of aromatic amines is 1. The van der Waals surface area contributed by atoms with Crippen LogP contribution in [0.15, 0.2) is 54.6 Å². The Balaban J connectivity index is 1.70. The van der Waals surface area contributed by atoms with Crippen molar-refractivity contribution in [3.63, 3.8) is 0 Å². The van der Waals surface area contributed by atoms with Gasteiger partial charge in [0, 0.05) is 10.8 Å². The van der Waals surface area contributed by atoms with Crippen molar-refractivity contribution in [3.05, 3.63) is 54.6 Å². The van der Waals surface area contributed by atoms with Crippen LogP contribution < -0.4 is 4.74 Å². The molecule has 0 aliphatic heterocycles. The van der Waals surface area contributed by atoms with E-state index >= 15 is 0 Å². The lowest BCUT2D eigenvalue weighted by Crippen LogP contribution is -1.83. The molecule has 24 heavy (non-hydrogen) atoms. The number of nitrogens with zero attached hydrogens (tertiary/aromatic N) is 2. The van der Waals surface area contributed by atoms with Crippen LogP contribution in [0.3, 0.4) is 0 Å². The summed E-state index contributed by atoms with van der Waals surface area (Å²) in [5.74, 6) is 1.73. The molecule has 3 aromatic heterocycles. The van der Waals surface area contributed by atoms with Gasteiger partial charge in [0.1, 0.15) is 16.4 Å². The number of thiophene rings is 1. The number of benzene rings is 2. The van der Waals surface area contributed by atoms with E-state index in [-0.39, 0.29) is 0 Å². The maximum atomic E-state index is 5.30. The SMILES string of the molecule is COc1ccc2nc3sc(-c4nc5ccccc5[nH]4)cc3cc2c1. The second-order valence-corrected chi connectivity index (χ2v) is 6.69. The van der Waals surface area contributed by atoms with Crippen LogP contribution in [0.2, 0.25) is 0 Å². The van der Waals surface area contributed by atoms with Crippen LogP contribution in [-0.2, 0) is 0 Å². The minimum atomic E-state index is 0.844. The Hall–Kier alpha value is -2.92. The molecule has 5 aromatic rings. The van der Waals surface area contributed by atoms with Gasteiger partial charge in [0.25, 0.3) is 0 Å². The van der Waals surface area contributed by atoms with Gasteiger partial charge in [-0.3, -0.25) is 0 Å². The van der Waals surface area contributed by atoms with E-state index in [1.807, 2.05) is 42.5 Å². The molecule has 2 aromatic carbocycles. The first-order valence-corrected chi connectivity index (χ1v) is 8.45. The molecule has 116 valence electrons. The number of aromatic nitrogens is 3. The Morgan fingerprint density at radius 3 is 2.71 bits per heavy atom. The molecule has 5 heteroatoms. The molecule has 3 heterocycles. The number of rotatable bonds is 2. The summed E-state index contributed by atoms with van der Waals surface area (Å²) >= 11 is 1.65. The summed E-state index contributed by atoms with van der Waals surface area (Å²) in [7, 11) is 1.68. The predicted octanol–water partition coefficient (Wildman–Crippen LogP) is 5.00. The number of fused-ring (bicyclic) bond motifs is 3. The lowest BCUT2D eigenvalue weighted by molar-refractivity contribution is 0.415. The second kappa shape index (κ2) is 5.04. The molecule has 0 bridgehead atoms. The van der Waals surface area contributed by atoms with Gasteiger partial charge < -0.3 is 9.72 Å². The fourth-order valence-electron chi connectivity index (χ4n) is 2.93. The van der Waals surface area contributed by atoms with Crippen molar-refractivity contribution in [1.29, 1.82) is 0 Å².